The van der Waals surface area contributed by atoms with Crippen molar-refractivity contribution in [3.8, 4) is 5.75 Å². The lowest BCUT2D eigenvalue weighted by atomic mass is 9.88. The van der Waals surface area contributed by atoms with Gasteiger partial charge in [0.2, 0.25) is 5.91 Å². The van der Waals surface area contributed by atoms with E-state index in [1.54, 1.807) is 14.0 Å². The van der Waals surface area contributed by atoms with E-state index in [-0.39, 0.29) is 18.4 Å². The second kappa shape index (κ2) is 9.10. The summed E-state index contributed by atoms with van der Waals surface area (Å²) in [6, 6.07) is 7.35. The maximum atomic E-state index is 12.5. The maximum Gasteiger partial charge on any atom is 0.341 e. The molecule has 1 aromatic heterocycles. The largest absolute Gasteiger partial charge is 0.497 e. The van der Waals surface area contributed by atoms with Gasteiger partial charge < -0.3 is 20.1 Å². The van der Waals surface area contributed by atoms with E-state index in [1.165, 1.54) is 16.2 Å². The van der Waals surface area contributed by atoms with E-state index in [0.29, 0.717) is 23.1 Å². The van der Waals surface area contributed by atoms with Crippen molar-refractivity contribution in [2.75, 3.05) is 30.9 Å². The molecule has 0 spiro atoms. The molecule has 1 aliphatic carbocycles. The van der Waals surface area contributed by atoms with E-state index < -0.39 is 0 Å². The minimum Gasteiger partial charge on any atom is -0.497 e. The molecule has 0 bridgehead atoms. The number of anilines is 2. The molecular weight excluding hydrogens is 376 g/mol. The summed E-state index contributed by atoms with van der Waals surface area (Å²) < 4.78 is 10.4. The Kier molecular flexibility index (Phi) is 6.57. The molecule has 150 valence electrons. The van der Waals surface area contributed by atoms with E-state index in [9.17, 15) is 9.59 Å². The highest BCUT2D eigenvalue weighted by molar-refractivity contribution is 7.17. The Bertz CT molecular complexity index is 845. The van der Waals surface area contributed by atoms with Gasteiger partial charge in [0, 0.05) is 10.6 Å². The number of hydrogen-bond donors (Lipinski definition) is 2. The summed E-state index contributed by atoms with van der Waals surface area (Å²) in [7, 11) is 1.61. The Morgan fingerprint density at radius 3 is 2.68 bits per heavy atom. The number of benzene rings is 1. The fourth-order valence-electron chi connectivity index (χ4n) is 3.32. The van der Waals surface area contributed by atoms with Crippen LogP contribution < -0.4 is 15.4 Å². The average molecular weight is 403 g/mol. The molecule has 1 heterocycles. The molecule has 0 saturated carbocycles. The molecule has 3 rings (SSSR count). The molecular formula is C21H26N2O4S. The third kappa shape index (κ3) is 4.65. The van der Waals surface area contributed by atoms with Gasteiger partial charge >= 0.3 is 5.97 Å². The smallest absolute Gasteiger partial charge is 0.341 e. The van der Waals surface area contributed by atoms with Crippen molar-refractivity contribution in [2.24, 2.45) is 5.92 Å². The third-order valence-corrected chi connectivity index (χ3v) is 5.96. The van der Waals surface area contributed by atoms with Crippen molar-refractivity contribution >= 4 is 33.9 Å². The topological polar surface area (TPSA) is 76.7 Å². The molecule has 7 heteroatoms. The minimum absolute atomic E-state index is 0.105. The number of thiophene rings is 1. The molecule has 0 radical (unpaired) electrons. The van der Waals surface area contributed by atoms with Gasteiger partial charge in [-0.3, -0.25) is 4.79 Å². The number of esters is 1. The first-order valence-electron chi connectivity index (χ1n) is 9.51. The first-order valence-corrected chi connectivity index (χ1v) is 10.3. The molecule has 1 aromatic carbocycles. The van der Waals surface area contributed by atoms with Crippen LogP contribution in [0.15, 0.2) is 24.3 Å². The summed E-state index contributed by atoms with van der Waals surface area (Å²) in [5.41, 5.74) is 2.40. The zero-order valence-corrected chi connectivity index (χ0v) is 17.3. The SMILES string of the molecule is CCOC(=O)c1c(NC(=O)CNc2ccc(OC)cc2)sc2c1CCC(C)C2. The van der Waals surface area contributed by atoms with Gasteiger partial charge in [0.15, 0.2) is 0 Å². The number of carbonyl (C=O) groups excluding carboxylic acids is 2. The van der Waals surface area contributed by atoms with Gasteiger partial charge in [0.1, 0.15) is 10.8 Å². The van der Waals surface area contributed by atoms with Crippen LogP contribution in [-0.2, 0) is 22.4 Å². The lowest BCUT2D eigenvalue weighted by Crippen LogP contribution is -2.22. The lowest BCUT2D eigenvalue weighted by Gasteiger charge is -2.18. The first kappa shape index (κ1) is 20.2. The number of ether oxygens (including phenoxy) is 2. The molecule has 0 aliphatic heterocycles. The Labute approximate surface area is 169 Å². The number of nitrogens with one attached hydrogen (secondary N) is 2. The number of rotatable bonds is 7. The van der Waals surface area contributed by atoms with E-state index in [2.05, 4.69) is 17.6 Å². The summed E-state index contributed by atoms with van der Waals surface area (Å²) in [5.74, 6) is 0.787. The monoisotopic (exact) mass is 402 g/mol. The number of amides is 1. The highest BCUT2D eigenvalue weighted by Gasteiger charge is 2.29. The van der Waals surface area contributed by atoms with Gasteiger partial charge in [-0.15, -0.1) is 11.3 Å². The van der Waals surface area contributed by atoms with Gasteiger partial charge in [0.25, 0.3) is 0 Å². The Morgan fingerprint density at radius 2 is 2.00 bits per heavy atom. The highest BCUT2D eigenvalue weighted by Crippen LogP contribution is 2.40. The summed E-state index contributed by atoms with van der Waals surface area (Å²) in [5, 5.41) is 6.58. The van der Waals surface area contributed by atoms with Crippen LogP contribution in [0.5, 0.6) is 5.75 Å². The van der Waals surface area contributed by atoms with Gasteiger partial charge in [-0.05, 0) is 61.9 Å². The molecule has 0 fully saturated rings. The van der Waals surface area contributed by atoms with Crippen LogP contribution >= 0.6 is 11.3 Å². The van der Waals surface area contributed by atoms with E-state index in [1.807, 2.05) is 24.3 Å². The quantitative estimate of drug-likeness (QED) is 0.682. The van der Waals surface area contributed by atoms with Gasteiger partial charge in [-0.25, -0.2) is 4.79 Å². The first-order chi connectivity index (χ1) is 13.5. The summed E-state index contributed by atoms with van der Waals surface area (Å²) in [4.78, 5) is 26.2. The molecule has 1 aliphatic rings. The predicted molar refractivity (Wildman–Crippen MR) is 112 cm³/mol. The molecule has 1 unspecified atom stereocenters. The van der Waals surface area contributed by atoms with Crippen molar-refractivity contribution in [3.63, 3.8) is 0 Å². The van der Waals surface area contributed by atoms with Crippen LogP contribution in [-0.4, -0.2) is 32.1 Å². The Morgan fingerprint density at radius 1 is 1.25 bits per heavy atom. The van der Waals surface area contributed by atoms with Crippen LogP contribution in [0.2, 0.25) is 0 Å². The van der Waals surface area contributed by atoms with Crippen molar-refractivity contribution < 1.29 is 19.1 Å². The van der Waals surface area contributed by atoms with Gasteiger partial charge in [-0.2, -0.15) is 0 Å². The molecule has 2 N–H and O–H groups in total. The van der Waals surface area contributed by atoms with Crippen molar-refractivity contribution in [2.45, 2.75) is 33.1 Å². The second-order valence-electron chi connectivity index (χ2n) is 6.91. The van der Waals surface area contributed by atoms with E-state index in [0.717, 1.165) is 36.3 Å². The molecule has 2 aromatic rings. The van der Waals surface area contributed by atoms with Crippen LogP contribution in [0.4, 0.5) is 10.7 Å². The van der Waals surface area contributed by atoms with E-state index >= 15 is 0 Å². The molecule has 1 amide bonds. The predicted octanol–water partition coefficient (Wildman–Crippen LogP) is 4.11. The fourth-order valence-corrected chi connectivity index (χ4v) is 4.74. The Hall–Kier alpha value is -2.54. The Balaban J connectivity index is 1.71. The molecule has 0 saturated heterocycles. The molecule has 6 nitrogen and oxygen atoms in total. The van der Waals surface area contributed by atoms with Crippen LogP contribution in [0.3, 0.4) is 0 Å². The van der Waals surface area contributed by atoms with Crippen LogP contribution in [0, 0.1) is 5.92 Å². The van der Waals surface area contributed by atoms with Crippen LogP contribution in [0.1, 0.15) is 41.1 Å². The number of methoxy groups -OCH3 is 1. The number of fused-ring (bicyclic) bond motifs is 1. The number of hydrogen-bond acceptors (Lipinski definition) is 6. The highest BCUT2D eigenvalue weighted by atomic mass is 32.1. The van der Waals surface area contributed by atoms with Crippen molar-refractivity contribution in [1.29, 1.82) is 0 Å². The summed E-state index contributed by atoms with van der Waals surface area (Å²) in [6.07, 6.45) is 2.83. The average Bonchev–Trinajstić information content (AvgIpc) is 3.03. The standard InChI is InChI=1S/C21H26N2O4S/c1-4-27-21(25)19-16-10-5-13(2)11-17(16)28-20(19)23-18(24)12-22-14-6-8-15(26-3)9-7-14/h6-9,13,22H,4-5,10-12H2,1-3H3,(H,23,24). The minimum atomic E-state index is -0.354. The molecule has 1 atom stereocenters. The second-order valence-corrected chi connectivity index (χ2v) is 8.01. The molecule has 28 heavy (non-hydrogen) atoms. The third-order valence-electron chi connectivity index (χ3n) is 4.79. The summed E-state index contributed by atoms with van der Waals surface area (Å²) in [6.45, 7) is 4.42. The lowest BCUT2D eigenvalue weighted by molar-refractivity contribution is -0.114. The van der Waals surface area contributed by atoms with Crippen molar-refractivity contribution in [3.05, 3.63) is 40.3 Å². The van der Waals surface area contributed by atoms with Gasteiger partial charge in [0.05, 0.1) is 25.8 Å². The van der Waals surface area contributed by atoms with Crippen LogP contribution in [0.25, 0.3) is 0 Å². The summed E-state index contributed by atoms with van der Waals surface area (Å²) >= 11 is 1.50. The van der Waals surface area contributed by atoms with Gasteiger partial charge in [-0.1, -0.05) is 6.92 Å². The zero-order chi connectivity index (χ0) is 20.1. The zero-order valence-electron chi connectivity index (χ0n) is 16.5. The van der Waals surface area contributed by atoms with Crippen molar-refractivity contribution in [1.82, 2.24) is 0 Å². The van der Waals surface area contributed by atoms with E-state index in [4.69, 9.17) is 9.47 Å². The fraction of sp³-hybridized carbons (Fsp3) is 0.429. The number of carbonyl (C=O) groups is 2. The normalized spacial score (nSPS) is 15.5. The maximum absolute atomic E-state index is 12.5.